The highest BCUT2D eigenvalue weighted by atomic mass is 16.5. The second kappa shape index (κ2) is 9.77. The predicted molar refractivity (Wildman–Crippen MR) is 99.2 cm³/mol. The molecule has 1 saturated heterocycles. The minimum atomic E-state index is -1.19. The van der Waals surface area contributed by atoms with E-state index in [1.807, 2.05) is 31.3 Å². The van der Waals surface area contributed by atoms with Crippen LogP contribution in [0.5, 0.6) is 11.5 Å². The Morgan fingerprint density at radius 3 is 2.21 bits per heavy atom. The number of hydrogen-bond donors (Lipinski definition) is 0. The molecule has 0 aliphatic carbocycles. The molecule has 0 N–H and O–H groups in total. The van der Waals surface area contributed by atoms with Gasteiger partial charge in [0.2, 0.25) is 0 Å². The summed E-state index contributed by atoms with van der Waals surface area (Å²) >= 11 is 0. The molecule has 1 heterocycles. The van der Waals surface area contributed by atoms with Crippen molar-refractivity contribution in [1.82, 2.24) is 4.90 Å². The minimum Gasteiger partial charge on any atom is -0.493 e. The van der Waals surface area contributed by atoms with Gasteiger partial charge in [-0.25, -0.2) is 0 Å². The second-order valence-corrected chi connectivity index (χ2v) is 6.24. The van der Waals surface area contributed by atoms with E-state index >= 15 is 0 Å². The largest absolute Gasteiger partial charge is 0.493 e. The fourth-order valence-electron chi connectivity index (χ4n) is 3.35. The molecule has 0 saturated carbocycles. The summed E-state index contributed by atoms with van der Waals surface area (Å²) in [6.07, 6.45) is 3.99. The van der Waals surface area contributed by atoms with Gasteiger partial charge in [0.1, 0.15) is 6.29 Å². The molecule has 2 rings (SSSR count). The van der Waals surface area contributed by atoms with Crippen LogP contribution in [0.4, 0.5) is 0 Å². The number of para-hydroxylation sites is 2. The maximum absolute atomic E-state index is 10.8. The normalized spacial score (nSPS) is 20.8. The Labute approximate surface area is 148 Å². The van der Waals surface area contributed by atoms with Crippen LogP contribution in [0.3, 0.4) is 0 Å². The number of benzene rings is 1. The summed E-state index contributed by atoms with van der Waals surface area (Å²) in [7, 11) is 16.8. The summed E-state index contributed by atoms with van der Waals surface area (Å²) in [5, 5.41) is -1.19. The number of nitrogens with zero attached hydrogens (tertiary/aromatic N) is 1. The maximum Gasteiger partial charge on any atom is 0.160 e. The van der Waals surface area contributed by atoms with Crippen LogP contribution in [0, 0.1) is 5.92 Å². The summed E-state index contributed by atoms with van der Waals surface area (Å²) < 4.78 is 10.0. The second-order valence-electron chi connectivity index (χ2n) is 6.24. The molecular formula is C18H27B2NO3. The first-order valence-corrected chi connectivity index (χ1v) is 8.32. The minimum absolute atomic E-state index is 0.0000463. The van der Waals surface area contributed by atoms with Crippen LogP contribution in [-0.2, 0) is 4.79 Å². The van der Waals surface area contributed by atoms with Gasteiger partial charge in [0, 0.05) is 6.04 Å². The summed E-state index contributed by atoms with van der Waals surface area (Å²) in [6.45, 7) is 3.13. The number of aldehydes is 1. The highest BCUT2D eigenvalue weighted by molar-refractivity contribution is 6.48. The van der Waals surface area contributed by atoms with Crippen LogP contribution in [0.2, 0.25) is 5.21 Å². The van der Waals surface area contributed by atoms with Crippen LogP contribution in [0.25, 0.3) is 0 Å². The van der Waals surface area contributed by atoms with Crippen LogP contribution in [-0.4, -0.2) is 60.7 Å². The molecule has 1 fully saturated rings. The van der Waals surface area contributed by atoms with Crippen LogP contribution >= 0.6 is 0 Å². The van der Waals surface area contributed by atoms with E-state index in [1.54, 1.807) is 14.2 Å². The Balaban J connectivity index is 0.000000254. The summed E-state index contributed by atoms with van der Waals surface area (Å²) in [5.41, 5.74) is 0. The highest BCUT2D eigenvalue weighted by Gasteiger charge is 2.40. The zero-order chi connectivity index (χ0) is 18.2. The van der Waals surface area contributed by atoms with Gasteiger partial charge in [0.05, 0.1) is 29.9 Å². The quantitative estimate of drug-likeness (QED) is 0.594. The van der Waals surface area contributed by atoms with Crippen molar-refractivity contribution >= 4 is 22.0 Å². The fourth-order valence-corrected chi connectivity index (χ4v) is 3.35. The van der Waals surface area contributed by atoms with E-state index in [0.29, 0.717) is 12.2 Å². The Hall–Kier alpha value is -1.42. The maximum atomic E-state index is 10.8. The van der Waals surface area contributed by atoms with E-state index in [0.717, 1.165) is 37.3 Å². The highest BCUT2D eigenvalue weighted by Crippen LogP contribution is 2.38. The molecule has 0 bridgehead atoms. The van der Waals surface area contributed by atoms with Gasteiger partial charge in [-0.15, -0.1) is 0 Å². The van der Waals surface area contributed by atoms with Crippen LogP contribution < -0.4 is 9.47 Å². The average molecular weight is 327 g/mol. The van der Waals surface area contributed by atoms with Crippen molar-refractivity contribution in [3.05, 3.63) is 24.3 Å². The molecule has 1 aromatic carbocycles. The molecule has 24 heavy (non-hydrogen) atoms. The molecule has 0 aromatic heterocycles. The number of methoxy groups -OCH3 is 2. The first kappa shape index (κ1) is 20.6. The first-order valence-electron chi connectivity index (χ1n) is 8.32. The van der Waals surface area contributed by atoms with Gasteiger partial charge < -0.3 is 19.2 Å². The van der Waals surface area contributed by atoms with Crippen molar-refractivity contribution in [2.75, 3.05) is 27.8 Å². The van der Waals surface area contributed by atoms with Gasteiger partial charge in [-0.2, -0.15) is 0 Å². The summed E-state index contributed by atoms with van der Waals surface area (Å²) in [6, 6.07) is 7.53. The topological polar surface area (TPSA) is 38.8 Å². The van der Waals surface area contributed by atoms with E-state index in [2.05, 4.69) is 11.8 Å². The standard InChI is InChI=1S/C10H17B2NO.C8H10O2/c1-3-4-8-5-6-13(2)9(8)10(11,12)7-14;1-9-7-5-3-4-6-8(7)10-2/h7-9H,3-6H2,1-2H3;3-6H,1-2H3. The van der Waals surface area contributed by atoms with Crippen molar-refractivity contribution in [1.29, 1.82) is 0 Å². The lowest BCUT2D eigenvalue weighted by Crippen LogP contribution is -2.43. The zero-order valence-electron chi connectivity index (χ0n) is 15.2. The van der Waals surface area contributed by atoms with E-state index in [-0.39, 0.29) is 6.04 Å². The molecule has 1 aromatic rings. The van der Waals surface area contributed by atoms with Gasteiger partial charge in [-0.3, -0.25) is 0 Å². The zero-order valence-corrected chi connectivity index (χ0v) is 15.2. The fraction of sp³-hybridized carbons (Fsp3) is 0.611. The number of carbonyl (C=O) groups is 1. The SMILES string of the molecule is COc1ccccc1OC.[B]C([B])(C=O)C1C(CCC)CCN1C. The van der Waals surface area contributed by atoms with Crippen molar-refractivity contribution in [3.8, 4) is 11.5 Å². The van der Waals surface area contributed by atoms with E-state index in [1.165, 1.54) is 0 Å². The third-order valence-corrected chi connectivity index (χ3v) is 4.44. The lowest BCUT2D eigenvalue weighted by atomic mass is 9.49. The average Bonchev–Trinajstić information content (AvgIpc) is 2.97. The van der Waals surface area contributed by atoms with Gasteiger partial charge in [0.15, 0.2) is 11.5 Å². The van der Waals surface area contributed by atoms with E-state index < -0.39 is 5.21 Å². The lowest BCUT2D eigenvalue weighted by Gasteiger charge is -2.36. The number of carbonyl (C=O) groups excluding carboxylic acids is 1. The Morgan fingerprint density at radius 1 is 1.25 bits per heavy atom. The Bertz CT molecular complexity index is 486. The van der Waals surface area contributed by atoms with Gasteiger partial charge in [-0.05, 0) is 49.7 Å². The molecule has 128 valence electrons. The van der Waals surface area contributed by atoms with Crippen LogP contribution in [0.1, 0.15) is 26.2 Å². The smallest absolute Gasteiger partial charge is 0.160 e. The van der Waals surface area contributed by atoms with Crippen molar-refractivity contribution in [2.24, 2.45) is 5.92 Å². The van der Waals surface area contributed by atoms with E-state index in [9.17, 15) is 4.79 Å². The van der Waals surface area contributed by atoms with Crippen molar-refractivity contribution < 1.29 is 14.3 Å². The number of hydrogen-bond acceptors (Lipinski definition) is 4. The van der Waals surface area contributed by atoms with Crippen molar-refractivity contribution in [2.45, 2.75) is 37.4 Å². The Kier molecular flexibility index (Phi) is 8.40. The van der Waals surface area contributed by atoms with Gasteiger partial charge in [0.25, 0.3) is 0 Å². The predicted octanol–water partition coefficient (Wildman–Crippen LogP) is 2.46. The number of ether oxygens (including phenoxy) is 2. The molecule has 1 aliphatic rings. The molecule has 0 spiro atoms. The van der Waals surface area contributed by atoms with Gasteiger partial charge >= 0.3 is 0 Å². The molecule has 0 amide bonds. The molecular weight excluding hydrogens is 300 g/mol. The summed E-state index contributed by atoms with van der Waals surface area (Å²) in [5.74, 6) is 2.00. The number of rotatable bonds is 6. The molecule has 6 heteroatoms. The molecule has 1 aliphatic heterocycles. The third-order valence-electron chi connectivity index (χ3n) is 4.44. The lowest BCUT2D eigenvalue weighted by molar-refractivity contribution is -0.109. The summed E-state index contributed by atoms with van der Waals surface area (Å²) in [4.78, 5) is 12.9. The molecule has 2 atom stereocenters. The molecule has 4 radical (unpaired) electrons. The first-order chi connectivity index (χ1) is 11.4. The molecule has 2 unspecified atom stereocenters. The van der Waals surface area contributed by atoms with Crippen LogP contribution in [0.15, 0.2) is 24.3 Å². The third kappa shape index (κ3) is 5.30. The Morgan fingerprint density at radius 2 is 1.79 bits per heavy atom. The molecule has 4 nitrogen and oxygen atoms in total. The number of likely N-dealkylation sites (tertiary alicyclic amines) is 1. The monoisotopic (exact) mass is 327 g/mol. The van der Waals surface area contributed by atoms with Crippen molar-refractivity contribution in [3.63, 3.8) is 0 Å². The van der Waals surface area contributed by atoms with E-state index in [4.69, 9.17) is 25.2 Å². The van der Waals surface area contributed by atoms with Gasteiger partial charge in [-0.1, -0.05) is 25.5 Å².